The number of fused-ring (bicyclic) bond motifs is 1. The zero-order valence-corrected chi connectivity index (χ0v) is 19.7. The predicted molar refractivity (Wildman–Crippen MR) is 132 cm³/mol. The van der Waals surface area contributed by atoms with Gasteiger partial charge in [-0.3, -0.25) is 4.98 Å². The molecule has 3 heterocycles. The Balaban J connectivity index is 1.66. The number of aryl methyl sites for hydroxylation is 1. The van der Waals surface area contributed by atoms with Crippen LogP contribution in [0.5, 0.6) is 5.75 Å². The minimum atomic E-state index is 0.462. The highest BCUT2D eigenvalue weighted by atomic mass is 127. The van der Waals surface area contributed by atoms with E-state index in [9.17, 15) is 0 Å². The van der Waals surface area contributed by atoms with E-state index in [0.29, 0.717) is 12.5 Å². The lowest BCUT2D eigenvalue weighted by molar-refractivity contribution is 0.0841. The summed E-state index contributed by atoms with van der Waals surface area (Å²) < 4.78 is 15.7. The molecule has 0 atom stereocenters. The Bertz CT molecular complexity index is 1200. The molecule has 0 aliphatic carbocycles. The van der Waals surface area contributed by atoms with Crippen molar-refractivity contribution in [2.24, 2.45) is 0 Å². The third kappa shape index (κ3) is 4.08. The smallest absolute Gasteiger partial charge is 0.130 e. The fourth-order valence-electron chi connectivity index (χ4n) is 4.42. The van der Waals surface area contributed by atoms with E-state index in [4.69, 9.17) is 9.47 Å². The largest absolute Gasteiger partial charge is 0.488 e. The molecule has 4 nitrogen and oxygen atoms in total. The van der Waals surface area contributed by atoms with Crippen LogP contribution in [0.3, 0.4) is 0 Å². The molecule has 158 valence electrons. The maximum absolute atomic E-state index is 6.35. The molecular formula is C26H25IN2O2. The standard InChI is InChI=1S/C26H25IN2O2/c1-18-16-21(10-13-28-18)29-22-8-5-9-23(31-17-19-6-3-2-4-7-19)24(22)25(27)26(29)20-11-14-30-15-12-20/h2-10,13,16,20H,11-12,14-15,17H2,1H3. The third-order valence-electron chi connectivity index (χ3n) is 5.91. The van der Waals surface area contributed by atoms with E-state index in [-0.39, 0.29) is 0 Å². The summed E-state index contributed by atoms with van der Waals surface area (Å²) in [5.74, 6) is 1.40. The molecule has 31 heavy (non-hydrogen) atoms. The highest BCUT2D eigenvalue weighted by Crippen LogP contribution is 2.42. The summed E-state index contributed by atoms with van der Waals surface area (Å²) in [4.78, 5) is 4.42. The van der Waals surface area contributed by atoms with Crippen LogP contribution in [-0.2, 0) is 11.3 Å². The van der Waals surface area contributed by atoms with Crippen molar-refractivity contribution in [1.82, 2.24) is 9.55 Å². The van der Waals surface area contributed by atoms with Gasteiger partial charge >= 0.3 is 0 Å². The van der Waals surface area contributed by atoms with E-state index in [1.54, 1.807) is 0 Å². The van der Waals surface area contributed by atoms with Crippen molar-refractivity contribution in [1.29, 1.82) is 0 Å². The number of nitrogens with zero attached hydrogens (tertiary/aromatic N) is 2. The fourth-order valence-corrected chi connectivity index (χ4v) is 5.64. The van der Waals surface area contributed by atoms with E-state index in [0.717, 1.165) is 43.2 Å². The second kappa shape index (κ2) is 9.01. The van der Waals surface area contributed by atoms with Crippen LogP contribution in [0.15, 0.2) is 66.9 Å². The van der Waals surface area contributed by atoms with Crippen molar-refractivity contribution in [3.63, 3.8) is 0 Å². The van der Waals surface area contributed by atoms with Crippen molar-refractivity contribution in [2.45, 2.75) is 32.3 Å². The van der Waals surface area contributed by atoms with Crippen LogP contribution in [-0.4, -0.2) is 22.8 Å². The minimum Gasteiger partial charge on any atom is -0.488 e. The normalized spacial score (nSPS) is 14.8. The molecule has 2 aromatic heterocycles. The summed E-state index contributed by atoms with van der Waals surface area (Å²) in [6.07, 6.45) is 3.97. The van der Waals surface area contributed by atoms with E-state index in [1.165, 1.54) is 25.7 Å². The van der Waals surface area contributed by atoms with Crippen LogP contribution in [0, 0.1) is 10.5 Å². The Labute approximate surface area is 196 Å². The molecule has 1 aliphatic rings. The summed E-state index contributed by atoms with van der Waals surface area (Å²) in [7, 11) is 0. The number of ether oxygens (including phenoxy) is 2. The number of aromatic nitrogens is 2. The molecule has 0 radical (unpaired) electrons. The molecule has 0 N–H and O–H groups in total. The molecule has 1 fully saturated rings. The number of pyridine rings is 1. The second-order valence-electron chi connectivity index (χ2n) is 8.00. The molecule has 1 saturated heterocycles. The fraction of sp³-hybridized carbons (Fsp3) is 0.269. The van der Waals surface area contributed by atoms with Gasteiger partial charge in [-0.2, -0.15) is 0 Å². The Morgan fingerprint density at radius 1 is 1.06 bits per heavy atom. The summed E-state index contributed by atoms with van der Waals surface area (Å²) in [6, 6.07) is 21.0. The zero-order valence-electron chi connectivity index (χ0n) is 17.6. The van der Waals surface area contributed by atoms with Crippen molar-refractivity contribution in [3.8, 4) is 11.4 Å². The number of halogens is 1. The van der Waals surface area contributed by atoms with E-state index >= 15 is 0 Å². The topological polar surface area (TPSA) is 36.3 Å². The van der Waals surface area contributed by atoms with Crippen LogP contribution >= 0.6 is 22.6 Å². The van der Waals surface area contributed by atoms with Gasteiger partial charge in [0.2, 0.25) is 0 Å². The second-order valence-corrected chi connectivity index (χ2v) is 9.08. The highest BCUT2D eigenvalue weighted by molar-refractivity contribution is 14.1. The average molecular weight is 524 g/mol. The van der Waals surface area contributed by atoms with E-state index < -0.39 is 0 Å². The molecule has 0 unspecified atom stereocenters. The maximum Gasteiger partial charge on any atom is 0.130 e. The van der Waals surface area contributed by atoms with Crippen molar-refractivity contribution >= 4 is 33.5 Å². The molecule has 0 amide bonds. The Morgan fingerprint density at radius 2 is 1.87 bits per heavy atom. The minimum absolute atomic E-state index is 0.462. The van der Waals surface area contributed by atoms with Gasteiger partial charge in [-0.15, -0.1) is 0 Å². The SMILES string of the molecule is Cc1cc(-n2c(C3CCOCC3)c(I)c3c(OCc4ccccc4)cccc32)ccn1. The molecule has 4 aromatic rings. The first-order valence-corrected chi connectivity index (χ1v) is 11.8. The molecular weight excluding hydrogens is 499 g/mol. The molecule has 0 spiro atoms. The van der Waals surface area contributed by atoms with Gasteiger partial charge in [0.05, 0.1) is 10.9 Å². The van der Waals surface area contributed by atoms with Crippen LogP contribution in [0.4, 0.5) is 0 Å². The van der Waals surface area contributed by atoms with Crippen LogP contribution in [0.25, 0.3) is 16.6 Å². The molecule has 2 aromatic carbocycles. The first-order chi connectivity index (χ1) is 15.2. The maximum atomic E-state index is 6.35. The number of benzene rings is 2. The zero-order chi connectivity index (χ0) is 21.2. The van der Waals surface area contributed by atoms with Gasteiger partial charge in [0.25, 0.3) is 0 Å². The predicted octanol–water partition coefficient (Wildman–Crippen LogP) is 6.41. The molecule has 5 rings (SSSR count). The van der Waals surface area contributed by atoms with Gasteiger partial charge in [0, 0.05) is 46.0 Å². The number of hydrogen-bond acceptors (Lipinski definition) is 3. The first kappa shape index (κ1) is 20.5. The lowest BCUT2D eigenvalue weighted by Gasteiger charge is -2.24. The molecule has 5 heteroatoms. The summed E-state index contributed by atoms with van der Waals surface area (Å²) in [5.41, 5.74) is 5.89. The Kier molecular flexibility index (Phi) is 5.96. The van der Waals surface area contributed by atoms with Gasteiger partial charge in [0.1, 0.15) is 12.4 Å². The van der Waals surface area contributed by atoms with Gasteiger partial charge in [0.15, 0.2) is 0 Å². The quantitative estimate of drug-likeness (QED) is 0.283. The van der Waals surface area contributed by atoms with E-state index in [2.05, 4.69) is 86.7 Å². The number of rotatable bonds is 5. The van der Waals surface area contributed by atoms with Crippen LogP contribution < -0.4 is 4.74 Å². The lowest BCUT2D eigenvalue weighted by atomic mass is 9.96. The third-order valence-corrected chi connectivity index (χ3v) is 7.01. The highest BCUT2D eigenvalue weighted by Gasteiger charge is 2.27. The number of hydrogen-bond donors (Lipinski definition) is 0. The van der Waals surface area contributed by atoms with Gasteiger partial charge in [-0.1, -0.05) is 36.4 Å². The van der Waals surface area contributed by atoms with Gasteiger partial charge < -0.3 is 14.0 Å². The van der Waals surface area contributed by atoms with Crippen molar-refractivity contribution in [3.05, 3.63) is 87.4 Å². The van der Waals surface area contributed by atoms with Crippen molar-refractivity contribution < 1.29 is 9.47 Å². The lowest BCUT2D eigenvalue weighted by Crippen LogP contribution is -2.17. The summed E-state index contributed by atoms with van der Waals surface area (Å²) >= 11 is 2.52. The van der Waals surface area contributed by atoms with Crippen LogP contribution in [0.2, 0.25) is 0 Å². The summed E-state index contributed by atoms with van der Waals surface area (Å²) in [6.45, 7) is 4.23. The summed E-state index contributed by atoms with van der Waals surface area (Å²) in [5, 5.41) is 1.19. The monoisotopic (exact) mass is 524 g/mol. The average Bonchev–Trinajstić information content (AvgIpc) is 3.12. The Hall–Kier alpha value is -2.38. The van der Waals surface area contributed by atoms with E-state index in [1.807, 2.05) is 19.2 Å². The molecule has 0 bridgehead atoms. The van der Waals surface area contributed by atoms with Crippen LogP contribution in [0.1, 0.15) is 35.7 Å². The molecule has 0 saturated carbocycles. The molecule has 1 aliphatic heterocycles. The first-order valence-electron chi connectivity index (χ1n) is 10.7. The van der Waals surface area contributed by atoms with Gasteiger partial charge in [-0.25, -0.2) is 0 Å². The van der Waals surface area contributed by atoms with Gasteiger partial charge in [-0.05, 0) is 72.2 Å². The van der Waals surface area contributed by atoms with Crippen molar-refractivity contribution in [2.75, 3.05) is 13.2 Å². The Morgan fingerprint density at radius 3 is 2.65 bits per heavy atom.